The number of aromatic nitrogens is 4. The molecule has 0 unspecified atom stereocenters. The summed E-state index contributed by atoms with van der Waals surface area (Å²) in [6, 6.07) is 12.0. The third-order valence-electron chi connectivity index (χ3n) is 4.29. The quantitative estimate of drug-likeness (QED) is 0.581. The molecule has 0 aliphatic heterocycles. The number of fused-ring (bicyclic) bond motifs is 3. The van der Waals surface area contributed by atoms with Crippen molar-refractivity contribution in [3.63, 3.8) is 0 Å². The minimum Gasteiger partial charge on any atom is -0.315 e. The zero-order chi connectivity index (χ0) is 16.7. The molecule has 0 N–H and O–H groups in total. The first-order valence-corrected chi connectivity index (χ1v) is 8.13. The molecule has 0 saturated heterocycles. The Bertz CT molecular complexity index is 1090. The van der Waals surface area contributed by atoms with Crippen LogP contribution in [-0.2, 0) is 6.54 Å². The summed E-state index contributed by atoms with van der Waals surface area (Å²) in [4.78, 5) is 17.2. The monoisotopic (exact) mass is 318 g/mol. The largest absolute Gasteiger partial charge is 0.315 e. The summed E-state index contributed by atoms with van der Waals surface area (Å²) in [6.07, 6.45) is 4.43. The molecule has 24 heavy (non-hydrogen) atoms. The molecule has 0 aliphatic rings. The van der Waals surface area contributed by atoms with Crippen molar-refractivity contribution in [1.29, 1.82) is 0 Å². The highest BCUT2D eigenvalue weighted by Gasteiger charge is 2.15. The van der Waals surface area contributed by atoms with E-state index in [2.05, 4.69) is 29.1 Å². The summed E-state index contributed by atoms with van der Waals surface area (Å²) in [7, 11) is 0. The normalized spacial score (nSPS) is 11.4. The Labute approximate surface area is 139 Å². The average molecular weight is 318 g/mol. The van der Waals surface area contributed by atoms with Gasteiger partial charge in [-0.05, 0) is 25.0 Å². The van der Waals surface area contributed by atoms with Crippen molar-refractivity contribution >= 4 is 16.6 Å². The van der Waals surface area contributed by atoms with Crippen LogP contribution in [-0.4, -0.2) is 19.2 Å². The fourth-order valence-electron chi connectivity index (χ4n) is 3.18. The van der Waals surface area contributed by atoms with Gasteiger partial charge in [0.2, 0.25) is 0 Å². The molecular formula is C19H18N4O. The van der Waals surface area contributed by atoms with Gasteiger partial charge in [0.1, 0.15) is 0 Å². The zero-order valence-corrected chi connectivity index (χ0v) is 13.7. The van der Waals surface area contributed by atoms with Crippen molar-refractivity contribution in [2.75, 3.05) is 0 Å². The van der Waals surface area contributed by atoms with Gasteiger partial charge in [0.05, 0.1) is 16.6 Å². The number of rotatable bonds is 3. The number of hydrogen-bond donors (Lipinski definition) is 0. The van der Waals surface area contributed by atoms with Crippen LogP contribution >= 0.6 is 0 Å². The van der Waals surface area contributed by atoms with Crippen molar-refractivity contribution in [1.82, 2.24) is 19.2 Å². The van der Waals surface area contributed by atoms with Gasteiger partial charge in [-0.15, -0.1) is 0 Å². The van der Waals surface area contributed by atoms with Crippen LogP contribution in [0.2, 0.25) is 0 Å². The lowest BCUT2D eigenvalue weighted by atomic mass is 10.1. The lowest BCUT2D eigenvalue weighted by molar-refractivity contribution is 0.658. The summed E-state index contributed by atoms with van der Waals surface area (Å²) in [5, 5.41) is 5.24. The Hall–Kier alpha value is -2.95. The van der Waals surface area contributed by atoms with E-state index in [9.17, 15) is 4.79 Å². The minimum atomic E-state index is -0.0156. The average Bonchev–Trinajstić information content (AvgIpc) is 2.94. The first-order chi connectivity index (χ1) is 11.7. The molecule has 0 aliphatic carbocycles. The molecule has 5 nitrogen and oxygen atoms in total. The third kappa shape index (κ3) is 2.12. The van der Waals surface area contributed by atoms with E-state index in [1.54, 1.807) is 15.3 Å². The second-order valence-electron chi connectivity index (χ2n) is 5.93. The van der Waals surface area contributed by atoms with Crippen LogP contribution in [0.4, 0.5) is 0 Å². The molecule has 0 atom stereocenters. The number of benzene rings is 1. The second-order valence-corrected chi connectivity index (χ2v) is 5.93. The molecule has 5 heteroatoms. The van der Waals surface area contributed by atoms with E-state index < -0.39 is 0 Å². The Morgan fingerprint density at radius 3 is 2.67 bits per heavy atom. The third-order valence-corrected chi connectivity index (χ3v) is 4.29. The van der Waals surface area contributed by atoms with E-state index in [0.29, 0.717) is 11.9 Å². The molecule has 0 radical (unpaired) electrons. The fraction of sp³-hybridized carbons (Fsp3) is 0.211. The number of aryl methyl sites for hydroxylation is 2. The van der Waals surface area contributed by atoms with E-state index in [4.69, 9.17) is 0 Å². The number of hydrogen-bond acceptors (Lipinski definition) is 3. The maximum Gasteiger partial charge on any atom is 0.261 e. The summed E-state index contributed by atoms with van der Waals surface area (Å²) in [5.74, 6) is 0. The topological polar surface area (TPSA) is 52.2 Å². The van der Waals surface area contributed by atoms with Crippen molar-refractivity contribution in [2.45, 2.75) is 26.8 Å². The molecule has 0 saturated carbocycles. The first-order valence-electron chi connectivity index (χ1n) is 8.13. The smallest absolute Gasteiger partial charge is 0.261 e. The van der Waals surface area contributed by atoms with Gasteiger partial charge in [0, 0.05) is 24.5 Å². The van der Waals surface area contributed by atoms with Gasteiger partial charge in [-0.2, -0.15) is 5.10 Å². The van der Waals surface area contributed by atoms with Gasteiger partial charge in [-0.3, -0.25) is 4.79 Å². The maximum absolute atomic E-state index is 12.6. The van der Waals surface area contributed by atoms with Gasteiger partial charge < -0.3 is 4.57 Å². The van der Waals surface area contributed by atoms with E-state index in [1.165, 1.54) is 0 Å². The lowest BCUT2D eigenvalue weighted by Crippen LogP contribution is -2.20. The van der Waals surface area contributed by atoms with Crippen LogP contribution in [0.25, 0.3) is 27.7 Å². The Kier molecular flexibility index (Phi) is 3.41. The zero-order valence-electron chi connectivity index (χ0n) is 13.7. The molecule has 0 spiro atoms. The van der Waals surface area contributed by atoms with Crippen LogP contribution < -0.4 is 5.56 Å². The number of nitrogens with zero attached hydrogens (tertiary/aromatic N) is 4. The molecule has 0 fully saturated rings. The molecular weight excluding hydrogens is 300 g/mol. The number of pyridine rings is 1. The standard InChI is InChI=1S/C19H18N4O/c1-3-10-22-11-9-16-15(19(22)24)12-20-18-17(13(2)21-23(16)18)14-7-5-4-6-8-14/h4-9,11-12H,3,10H2,1-2H3. The molecule has 1 aromatic carbocycles. The summed E-state index contributed by atoms with van der Waals surface area (Å²) >= 11 is 0. The molecule has 3 heterocycles. The van der Waals surface area contributed by atoms with E-state index in [0.717, 1.165) is 34.4 Å². The highest BCUT2D eigenvalue weighted by Crippen LogP contribution is 2.28. The van der Waals surface area contributed by atoms with Crippen molar-refractivity contribution < 1.29 is 0 Å². The van der Waals surface area contributed by atoms with Crippen LogP contribution in [0.3, 0.4) is 0 Å². The van der Waals surface area contributed by atoms with E-state index >= 15 is 0 Å². The van der Waals surface area contributed by atoms with Gasteiger partial charge in [-0.1, -0.05) is 37.3 Å². The predicted octanol–water partition coefficient (Wildman–Crippen LogP) is 3.43. The van der Waals surface area contributed by atoms with Crippen LogP contribution in [0, 0.1) is 6.92 Å². The molecule has 0 bridgehead atoms. The molecule has 3 aromatic heterocycles. The maximum atomic E-state index is 12.6. The highest BCUT2D eigenvalue weighted by atomic mass is 16.1. The molecule has 120 valence electrons. The summed E-state index contributed by atoms with van der Waals surface area (Å²) in [6.45, 7) is 4.74. The van der Waals surface area contributed by atoms with Gasteiger partial charge >= 0.3 is 0 Å². The lowest BCUT2D eigenvalue weighted by Gasteiger charge is -2.06. The molecule has 4 aromatic rings. The second kappa shape index (κ2) is 5.60. The fourth-order valence-corrected chi connectivity index (χ4v) is 3.18. The van der Waals surface area contributed by atoms with Crippen molar-refractivity contribution in [3.05, 3.63) is 64.8 Å². The van der Waals surface area contributed by atoms with Gasteiger partial charge in [0.25, 0.3) is 5.56 Å². The van der Waals surface area contributed by atoms with Crippen LogP contribution in [0.15, 0.2) is 53.6 Å². The van der Waals surface area contributed by atoms with Crippen LogP contribution in [0.5, 0.6) is 0 Å². The van der Waals surface area contributed by atoms with E-state index in [1.807, 2.05) is 37.4 Å². The summed E-state index contributed by atoms with van der Waals surface area (Å²) < 4.78 is 3.51. The molecule has 0 amide bonds. The van der Waals surface area contributed by atoms with Crippen molar-refractivity contribution in [2.24, 2.45) is 0 Å². The Morgan fingerprint density at radius 2 is 1.92 bits per heavy atom. The first kappa shape index (κ1) is 14.6. The molecule has 4 rings (SSSR count). The van der Waals surface area contributed by atoms with Crippen molar-refractivity contribution in [3.8, 4) is 11.1 Å². The summed E-state index contributed by atoms with van der Waals surface area (Å²) in [5.41, 5.74) is 4.55. The van der Waals surface area contributed by atoms with E-state index in [-0.39, 0.29) is 5.56 Å². The predicted molar refractivity (Wildman–Crippen MR) is 95.2 cm³/mol. The van der Waals surface area contributed by atoms with Gasteiger partial charge in [0.15, 0.2) is 5.65 Å². The van der Waals surface area contributed by atoms with Crippen LogP contribution in [0.1, 0.15) is 19.0 Å². The minimum absolute atomic E-state index is 0.0156. The Morgan fingerprint density at radius 1 is 1.12 bits per heavy atom. The Balaban J connectivity index is 2.04. The highest BCUT2D eigenvalue weighted by molar-refractivity contribution is 5.86. The SMILES string of the molecule is CCCn1ccc2c(cnc3c(-c4ccccc4)c(C)nn32)c1=O. The van der Waals surface area contributed by atoms with Gasteiger partial charge in [-0.25, -0.2) is 9.50 Å².